The Labute approximate surface area is 110 Å². The number of rotatable bonds is 7. The lowest BCUT2D eigenvalue weighted by Gasteiger charge is -2.07. The second-order valence-electron chi connectivity index (χ2n) is 3.87. The van der Waals surface area contributed by atoms with Gasteiger partial charge in [0.2, 0.25) is 5.91 Å². The zero-order chi connectivity index (χ0) is 14.3. The molecule has 0 spiro atoms. The van der Waals surface area contributed by atoms with Gasteiger partial charge in [0.15, 0.2) is 0 Å². The van der Waals surface area contributed by atoms with Crippen LogP contribution < -0.4 is 10.1 Å². The minimum Gasteiger partial charge on any atom is -0.496 e. The highest BCUT2D eigenvalue weighted by Gasteiger charge is 2.16. The Hall–Kier alpha value is -2.15. The molecule has 1 aromatic rings. The number of aliphatic hydroxyl groups excluding tert-OH is 1. The van der Waals surface area contributed by atoms with Crippen LogP contribution in [0.25, 0.3) is 0 Å². The standard InChI is InChI=1S/C12H16N2O5/c1-19-9-5-6-10(11(8-9)14(17)18)13-12(16)4-2-3-7-15/h5-6,8,15H,2-4,7H2,1H3,(H,13,16). The molecule has 0 bridgehead atoms. The Morgan fingerprint density at radius 1 is 1.47 bits per heavy atom. The lowest BCUT2D eigenvalue weighted by Crippen LogP contribution is -2.12. The van der Waals surface area contributed by atoms with Crippen molar-refractivity contribution in [2.24, 2.45) is 0 Å². The molecule has 19 heavy (non-hydrogen) atoms. The van der Waals surface area contributed by atoms with Gasteiger partial charge in [0.25, 0.3) is 5.69 Å². The summed E-state index contributed by atoms with van der Waals surface area (Å²) in [5, 5.41) is 22.0. The molecule has 0 fully saturated rings. The van der Waals surface area contributed by atoms with Gasteiger partial charge in [-0.25, -0.2) is 0 Å². The highest BCUT2D eigenvalue weighted by molar-refractivity contribution is 5.93. The summed E-state index contributed by atoms with van der Waals surface area (Å²) in [6.07, 6.45) is 1.27. The molecule has 1 aromatic carbocycles. The monoisotopic (exact) mass is 268 g/mol. The number of nitrogens with zero attached hydrogens (tertiary/aromatic N) is 1. The fraction of sp³-hybridized carbons (Fsp3) is 0.417. The molecule has 0 saturated heterocycles. The zero-order valence-corrected chi connectivity index (χ0v) is 10.6. The Bertz CT molecular complexity index is 461. The van der Waals surface area contributed by atoms with E-state index < -0.39 is 4.92 Å². The quantitative estimate of drug-likeness (QED) is 0.445. The van der Waals surface area contributed by atoms with E-state index in [4.69, 9.17) is 9.84 Å². The number of hydrogen-bond donors (Lipinski definition) is 2. The molecule has 0 atom stereocenters. The van der Waals surface area contributed by atoms with Crippen LogP contribution in [0.1, 0.15) is 19.3 Å². The first-order valence-electron chi connectivity index (χ1n) is 5.81. The lowest BCUT2D eigenvalue weighted by atomic mass is 10.2. The number of nitrogens with one attached hydrogen (secondary N) is 1. The van der Waals surface area contributed by atoms with Crippen molar-refractivity contribution in [3.8, 4) is 5.75 Å². The number of hydrogen-bond acceptors (Lipinski definition) is 5. The number of ether oxygens (including phenoxy) is 1. The molecule has 0 unspecified atom stereocenters. The van der Waals surface area contributed by atoms with Crippen LogP contribution in [0.4, 0.5) is 11.4 Å². The summed E-state index contributed by atoms with van der Waals surface area (Å²) in [5.74, 6) is 0.0340. The average molecular weight is 268 g/mol. The Morgan fingerprint density at radius 2 is 2.21 bits per heavy atom. The first kappa shape index (κ1) is 14.9. The molecule has 0 aromatic heterocycles. The lowest BCUT2D eigenvalue weighted by molar-refractivity contribution is -0.384. The fourth-order valence-electron chi connectivity index (χ4n) is 1.51. The summed E-state index contributed by atoms with van der Waals surface area (Å²) in [6, 6.07) is 4.22. The molecule has 0 aliphatic rings. The molecule has 0 aliphatic carbocycles. The smallest absolute Gasteiger partial charge is 0.296 e. The maximum absolute atomic E-state index is 11.6. The number of methoxy groups -OCH3 is 1. The molecule has 1 amide bonds. The molecule has 2 N–H and O–H groups in total. The van der Waals surface area contributed by atoms with Crippen molar-refractivity contribution in [1.29, 1.82) is 0 Å². The van der Waals surface area contributed by atoms with E-state index in [0.717, 1.165) is 0 Å². The summed E-state index contributed by atoms with van der Waals surface area (Å²) >= 11 is 0. The van der Waals surface area contributed by atoms with Gasteiger partial charge in [-0.2, -0.15) is 0 Å². The number of carbonyl (C=O) groups is 1. The van der Waals surface area contributed by atoms with Gasteiger partial charge in [-0.05, 0) is 25.0 Å². The number of benzene rings is 1. The van der Waals surface area contributed by atoms with Crippen molar-refractivity contribution in [3.63, 3.8) is 0 Å². The molecule has 0 radical (unpaired) electrons. The molecule has 0 heterocycles. The molecule has 0 saturated carbocycles. The van der Waals surface area contributed by atoms with E-state index in [9.17, 15) is 14.9 Å². The number of nitro groups is 1. The van der Waals surface area contributed by atoms with Crippen molar-refractivity contribution in [3.05, 3.63) is 28.3 Å². The number of aliphatic hydroxyl groups is 1. The van der Waals surface area contributed by atoms with Crippen LogP contribution in [0.2, 0.25) is 0 Å². The van der Waals surface area contributed by atoms with E-state index >= 15 is 0 Å². The minimum atomic E-state index is -0.578. The van der Waals surface area contributed by atoms with Crippen LogP contribution in [-0.4, -0.2) is 29.7 Å². The minimum absolute atomic E-state index is 0.0238. The van der Waals surface area contributed by atoms with Crippen molar-refractivity contribution >= 4 is 17.3 Å². The third kappa shape index (κ3) is 4.55. The average Bonchev–Trinajstić information content (AvgIpc) is 2.39. The Balaban J connectivity index is 2.77. The van der Waals surface area contributed by atoms with Crippen molar-refractivity contribution in [2.45, 2.75) is 19.3 Å². The summed E-state index contributed by atoms with van der Waals surface area (Å²) < 4.78 is 4.90. The second kappa shape index (κ2) is 7.32. The van der Waals surface area contributed by atoms with Gasteiger partial charge in [0, 0.05) is 13.0 Å². The van der Waals surface area contributed by atoms with Gasteiger partial charge in [0.05, 0.1) is 18.1 Å². The van der Waals surface area contributed by atoms with Crippen LogP contribution in [0.3, 0.4) is 0 Å². The van der Waals surface area contributed by atoms with Crippen LogP contribution >= 0.6 is 0 Å². The molecule has 1 rings (SSSR count). The van der Waals surface area contributed by atoms with E-state index in [0.29, 0.717) is 18.6 Å². The van der Waals surface area contributed by atoms with Crippen molar-refractivity contribution in [2.75, 3.05) is 19.0 Å². The van der Waals surface area contributed by atoms with Gasteiger partial charge in [-0.15, -0.1) is 0 Å². The van der Waals surface area contributed by atoms with E-state index in [1.165, 1.54) is 25.3 Å². The first-order chi connectivity index (χ1) is 9.08. The van der Waals surface area contributed by atoms with E-state index in [-0.39, 0.29) is 30.3 Å². The first-order valence-corrected chi connectivity index (χ1v) is 5.81. The molecular weight excluding hydrogens is 252 g/mol. The maximum atomic E-state index is 11.6. The van der Waals surface area contributed by atoms with E-state index in [1.807, 2.05) is 0 Å². The summed E-state index contributed by atoms with van der Waals surface area (Å²) in [7, 11) is 1.41. The number of unbranched alkanes of at least 4 members (excludes halogenated alkanes) is 1. The van der Waals surface area contributed by atoms with Gasteiger partial charge < -0.3 is 15.2 Å². The number of nitro benzene ring substituents is 1. The maximum Gasteiger partial charge on any atom is 0.296 e. The van der Waals surface area contributed by atoms with Gasteiger partial charge >= 0.3 is 0 Å². The summed E-state index contributed by atoms with van der Waals surface area (Å²) in [6.45, 7) is 0.0238. The van der Waals surface area contributed by atoms with Crippen LogP contribution in [0.5, 0.6) is 5.75 Å². The summed E-state index contributed by atoms with van der Waals surface area (Å²) in [4.78, 5) is 21.9. The molecule has 7 heteroatoms. The van der Waals surface area contributed by atoms with Gasteiger partial charge in [-0.3, -0.25) is 14.9 Å². The van der Waals surface area contributed by atoms with E-state index in [2.05, 4.69) is 5.32 Å². The highest BCUT2D eigenvalue weighted by atomic mass is 16.6. The predicted octanol–water partition coefficient (Wildman–Crippen LogP) is 1.70. The molecular formula is C12H16N2O5. The SMILES string of the molecule is COc1ccc(NC(=O)CCCCO)c([N+](=O)[O-])c1. The van der Waals surface area contributed by atoms with E-state index in [1.54, 1.807) is 0 Å². The number of anilines is 1. The third-order valence-corrected chi connectivity index (χ3v) is 2.49. The normalized spacial score (nSPS) is 10.0. The topological polar surface area (TPSA) is 102 Å². The van der Waals surface area contributed by atoms with Crippen molar-refractivity contribution < 1.29 is 19.6 Å². The molecule has 7 nitrogen and oxygen atoms in total. The van der Waals surface area contributed by atoms with Crippen LogP contribution in [0.15, 0.2) is 18.2 Å². The molecule has 104 valence electrons. The van der Waals surface area contributed by atoms with Gasteiger partial charge in [0.1, 0.15) is 11.4 Å². The van der Waals surface area contributed by atoms with Crippen LogP contribution in [0, 0.1) is 10.1 Å². The highest BCUT2D eigenvalue weighted by Crippen LogP contribution is 2.29. The number of amides is 1. The largest absolute Gasteiger partial charge is 0.496 e. The number of carbonyl (C=O) groups excluding carboxylic acids is 1. The zero-order valence-electron chi connectivity index (χ0n) is 10.6. The third-order valence-electron chi connectivity index (χ3n) is 2.49. The van der Waals surface area contributed by atoms with Gasteiger partial charge in [-0.1, -0.05) is 0 Å². The molecule has 0 aliphatic heterocycles. The second-order valence-corrected chi connectivity index (χ2v) is 3.87. The predicted molar refractivity (Wildman–Crippen MR) is 69.2 cm³/mol. The van der Waals surface area contributed by atoms with Crippen molar-refractivity contribution in [1.82, 2.24) is 0 Å². The van der Waals surface area contributed by atoms with Crippen LogP contribution in [-0.2, 0) is 4.79 Å². The summed E-state index contributed by atoms with van der Waals surface area (Å²) in [5.41, 5.74) is -0.0744. The fourth-order valence-corrected chi connectivity index (χ4v) is 1.51. The Morgan fingerprint density at radius 3 is 2.79 bits per heavy atom. The Kier molecular flexibility index (Phi) is 5.74.